The van der Waals surface area contributed by atoms with Crippen molar-refractivity contribution in [2.24, 2.45) is 0 Å². The topological polar surface area (TPSA) is 67.4 Å². The number of nitrogens with one attached hydrogen (secondary N) is 2. The number of carbonyl (C=O) groups is 2. The summed E-state index contributed by atoms with van der Waals surface area (Å²) in [5.74, 6) is 1.30. The van der Waals surface area contributed by atoms with Gasteiger partial charge in [-0.2, -0.15) is 0 Å². The number of hydrogen-bond donors (Lipinski definition) is 2. The number of carbonyl (C=O) groups excluding carboxylic acids is 2. The minimum Gasteiger partial charge on any atom is -0.465 e. The fraction of sp³-hybridized carbons (Fsp3) is 0.385. The van der Waals surface area contributed by atoms with Gasteiger partial charge in [-0.15, -0.1) is 11.8 Å². The van der Waals surface area contributed by atoms with Crippen LogP contribution in [0.15, 0.2) is 24.3 Å². The van der Waals surface area contributed by atoms with Gasteiger partial charge in [-0.3, -0.25) is 10.1 Å². The summed E-state index contributed by atoms with van der Waals surface area (Å²) in [6.45, 7) is 0.461. The van der Waals surface area contributed by atoms with Gasteiger partial charge in [0.25, 0.3) is 0 Å². The second kappa shape index (κ2) is 6.58. The van der Waals surface area contributed by atoms with E-state index in [2.05, 4.69) is 15.4 Å². The molecule has 5 nitrogen and oxygen atoms in total. The third-order valence-electron chi connectivity index (χ3n) is 2.87. The molecular formula is C13H16N2O3S. The second-order valence-corrected chi connectivity index (χ2v) is 5.21. The smallest absolute Gasteiger partial charge is 0.337 e. The summed E-state index contributed by atoms with van der Waals surface area (Å²) in [7, 11) is 1.35. The van der Waals surface area contributed by atoms with Crippen LogP contribution < -0.4 is 10.6 Å². The van der Waals surface area contributed by atoms with E-state index in [4.69, 9.17) is 0 Å². The van der Waals surface area contributed by atoms with E-state index in [1.165, 1.54) is 7.11 Å². The van der Waals surface area contributed by atoms with E-state index >= 15 is 0 Å². The molecule has 0 aliphatic carbocycles. The molecule has 1 heterocycles. The van der Waals surface area contributed by atoms with Crippen LogP contribution >= 0.6 is 11.8 Å². The van der Waals surface area contributed by atoms with Crippen molar-refractivity contribution in [2.75, 3.05) is 18.7 Å². The molecule has 1 aromatic rings. The highest BCUT2D eigenvalue weighted by Gasteiger charge is 2.21. The minimum absolute atomic E-state index is 0.0158. The highest BCUT2D eigenvalue weighted by Crippen LogP contribution is 2.10. The Kier molecular flexibility index (Phi) is 4.81. The predicted octanol–water partition coefficient (Wildman–Crippen LogP) is 0.752. The summed E-state index contributed by atoms with van der Waals surface area (Å²) >= 11 is 1.72. The van der Waals surface area contributed by atoms with E-state index in [1.54, 1.807) is 23.9 Å². The third kappa shape index (κ3) is 3.71. The highest BCUT2D eigenvalue weighted by molar-refractivity contribution is 7.99. The van der Waals surface area contributed by atoms with Gasteiger partial charge >= 0.3 is 5.97 Å². The van der Waals surface area contributed by atoms with Crippen molar-refractivity contribution in [1.29, 1.82) is 0 Å². The average molecular weight is 280 g/mol. The van der Waals surface area contributed by atoms with E-state index in [-0.39, 0.29) is 17.9 Å². The van der Waals surface area contributed by atoms with Crippen LogP contribution in [0.3, 0.4) is 0 Å². The fourth-order valence-corrected chi connectivity index (χ4v) is 2.69. The van der Waals surface area contributed by atoms with Gasteiger partial charge in [0.1, 0.15) is 0 Å². The molecule has 0 bridgehead atoms. The molecule has 1 atom stereocenters. The molecule has 102 valence electrons. The van der Waals surface area contributed by atoms with Gasteiger partial charge in [-0.1, -0.05) is 12.1 Å². The van der Waals surface area contributed by atoms with Crippen LogP contribution in [0.2, 0.25) is 0 Å². The van der Waals surface area contributed by atoms with Crippen LogP contribution in [0.1, 0.15) is 15.9 Å². The van der Waals surface area contributed by atoms with Crippen molar-refractivity contribution in [3.8, 4) is 0 Å². The van der Waals surface area contributed by atoms with E-state index in [9.17, 15) is 9.59 Å². The zero-order valence-corrected chi connectivity index (χ0v) is 11.5. The lowest BCUT2D eigenvalue weighted by Gasteiger charge is -2.10. The first-order valence-electron chi connectivity index (χ1n) is 5.97. The van der Waals surface area contributed by atoms with Gasteiger partial charge in [-0.25, -0.2) is 4.79 Å². The first-order valence-corrected chi connectivity index (χ1v) is 7.12. The molecule has 1 amide bonds. The van der Waals surface area contributed by atoms with Crippen LogP contribution in [0, 0.1) is 0 Å². The van der Waals surface area contributed by atoms with Crippen LogP contribution in [-0.4, -0.2) is 36.7 Å². The van der Waals surface area contributed by atoms with E-state index in [1.807, 2.05) is 12.1 Å². The first kappa shape index (κ1) is 13.9. The SMILES string of the molecule is COC(=O)c1ccc(CNC(=O)C2CSCN2)cc1. The molecule has 0 aromatic heterocycles. The van der Waals surface area contributed by atoms with Crippen molar-refractivity contribution in [2.45, 2.75) is 12.6 Å². The zero-order chi connectivity index (χ0) is 13.7. The normalized spacial score (nSPS) is 18.1. The molecule has 0 radical (unpaired) electrons. The minimum atomic E-state index is -0.359. The molecule has 1 unspecified atom stereocenters. The Hall–Kier alpha value is -1.53. The van der Waals surface area contributed by atoms with Gasteiger partial charge in [0.2, 0.25) is 5.91 Å². The van der Waals surface area contributed by atoms with E-state index in [0.717, 1.165) is 17.2 Å². The molecule has 1 aliphatic heterocycles. The standard InChI is InChI=1S/C13H16N2O3S/c1-18-13(17)10-4-2-9(3-5-10)6-14-12(16)11-7-19-8-15-11/h2-5,11,15H,6-8H2,1H3,(H,14,16). The molecular weight excluding hydrogens is 264 g/mol. The van der Waals surface area contributed by atoms with Crippen LogP contribution in [0.25, 0.3) is 0 Å². The summed E-state index contributed by atoms with van der Waals surface area (Å²) in [4.78, 5) is 23.0. The Bertz CT molecular complexity index is 455. The monoisotopic (exact) mass is 280 g/mol. The molecule has 2 N–H and O–H groups in total. The van der Waals surface area contributed by atoms with Gasteiger partial charge in [-0.05, 0) is 17.7 Å². The third-order valence-corrected chi connectivity index (χ3v) is 3.81. The quantitative estimate of drug-likeness (QED) is 0.797. The van der Waals surface area contributed by atoms with Crippen molar-refractivity contribution >= 4 is 23.6 Å². The average Bonchev–Trinajstić information content (AvgIpc) is 2.98. The summed E-state index contributed by atoms with van der Waals surface area (Å²) in [6.07, 6.45) is 0. The lowest BCUT2D eigenvalue weighted by atomic mass is 10.1. The lowest BCUT2D eigenvalue weighted by Crippen LogP contribution is -2.41. The van der Waals surface area contributed by atoms with Gasteiger partial charge in [0, 0.05) is 18.2 Å². The molecule has 1 aliphatic rings. The van der Waals surface area contributed by atoms with E-state index < -0.39 is 0 Å². The number of ether oxygens (including phenoxy) is 1. The summed E-state index contributed by atoms with van der Waals surface area (Å²) in [5, 5.41) is 5.99. The maximum Gasteiger partial charge on any atom is 0.337 e. The molecule has 1 aromatic carbocycles. The number of methoxy groups -OCH3 is 1. The maximum atomic E-state index is 11.8. The lowest BCUT2D eigenvalue weighted by molar-refractivity contribution is -0.122. The number of hydrogen-bond acceptors (Lipinski definition) is 5. The molecule has 1 saturated heterocycles. The number of thioether (sulfide) groups is 1. The molecule has 19 heavy (non-hydrogen) atoms. The number of amides is 1. The Labute approximate surface area is 116 Å². The Morgan fingerprint density at radius 3 is 2.74 bits per heavy atom. The second-order valence-electron chi connectivity index (χ2n) is 4.18. The first-order chi connectivity index (χ1) is 9.20. The summed E-state index contributed by atoms with van der Waals surface area (Å²) in [5.41, 5.74) is 1.46. The molecule has 2 rings (SSSR count). The molecule has 0 spiro atoms. The van der Waals surface area contributed by atoms with E-state index in [0.29, 0.717) is 12.1 Å². The van der Waals surface area contributed by atoms with Crippen molar-refractivity contribution in [1.82, 2.24) is 10.6 Å². The zero-order valence-electron chi connectivity index (χ0n) is 10.6. The Balaban J connectivity index is 1.85. The number of rotatable bonds is 4. The number of esters is 1. The Morgan fingerprint density at radius 1 is 1.42 bits per heavy atom. The van der Waals surface area contributed by atoms with Gasteiger partial charge < -0.3 is 10.1 Å². The predicted molar refractivity (Wildman–Crippen MR) is 73.9 cm³/mol. The summed E-state index contributed by atoms with van der Waals surface area (Å²) in [6, 6.07) is 6.90. The highest BCUT2D eigenvalue weighted by atomic mass is 32.2. The van der Waals surface area contributed by atoms with Crippen LogP contribution in [0.5, 0.6) is 0 Å². The van der Waals surface area contributed by atoms with Crippen LogP contribution in [0.4, 0.5) is 0 Å². The molecule has 0 saturated carbocycles. The van der Waals surface area contributed by atoms with Crippen molar-refractivity contribution < 1.29 is 14.3 Å². The summed E-state index contributed by atoms with van der Waals surface area (Å²) < 4.78 is 4.62. The van der Waals surface area contributed by atoms with Crippen molar-refractivity contribution in [3.05, 3.63) is 35.4 Å². The van der Waals surface area contributed by atoms with Crippen molar-refractivity contribution in [3.63, 3.8) is 0 Å². The molecule has 1 fully saturated rings. The van der Waals surface area contributed by atoms with Gasteiger partial charge in [0.15, 0.2) is 0 Å². The van der Waals surface area contributed by atoms with Gasteiger partial charge in [0.05, 0.1) is 18.7 Å². The fourth-order valence-electron chi connectivity index (χ4n) is 1.75. The largest absolute Gasteiger partial charge is 0.465 e. The van der Waals surface area contributed by atoms with Crippen LogP contribution in [-0.2, 0) is 16.1 Å². The number of benzene rings is 1. The molecule has 6 heteroatoms. The maximum absolute atomic E-state index is 11.8. The Morgan fingerprint density at radius 2 is 2.16 bits per heavy atom.